The minimum Gasteiger partial charge on any atom is -0.496 e. The Morgan fingerprint density at radius 3 is 2.41 bits per heavy atom. The molecule has 0 fully saturated rings. The number of aromatic nitrogens is 3. The maximum Gasteiger partial charge on any atom is 0.387 e. The lowest BCUT2D eigenvalue weighted by Gasteiger charge is -2.18. The number of fused-ring (bicyclic) bond motifs is 1. The van der Waals surface area contributed by atoms with E-state index in [4.69, 9.17) is 4.74 Å². The Bertz CT molecular complexity index is 1130. The van der Waals surface area contributed by atoms with Gasteiger partial charge < -0.3 is 14.2 Å². The van der Waals surface area contributed by atoms with Gasteiger partial charge in [0.15, 0.2) is 5.82 Å². The highest BCUT2D eigenvalue weighted by atomic mass is 79.9. The second-order valence-electron chi connectivity index (χ2n) is 6.07. The van der Waals surface area contributed by atoms with Crippen molar-refractivity contribution >= 4 is 34.5 Å². The maximum absolute atomic E-state index is 12.9. The lowest BCUT2D eigenvalue weighted by atomic mass is 10.1. The van der Waals surface area contributed by atoms with Gasteiger partial charge in [-0.25, -0.2) is 0 Å². The molecular weight excluding hydrogens is 520 g/mol. The first kappa shape index (κ1) is 23.9. The Hall–Kier alpha value is -2.80. The van der Waals surface area contributed by atoms with Crippen molar-refractivity contribution < 1.29 is 31.8 Å². The molecule has 0 amide bonds. The molecule has 2 aromatic carbocycles. The van der Waals surface area contributed by atoms with Crippen molar-refractivity contribution in [3.8, 4) is 28.6 Å². The summed E-state index contributed by atoms with van der Waals surface area (Å²) in [7, 11) is 1.52. The molecule has 0 radical (unpaired) electrons. The van der Waals surface area contributed by atoms with Crippen LogP contribution in [0.5, 0.6) is 17.2 Å². The van der Waals surface area contributed by atoms with Gasteiger partial charge in [-0.05, 0) is 24.3 Å². The average molecular weight is 535 g/mol. The summed E-state index contributed by atoms with van der Waals surface area (Å²) in [5.41, 5.74) is 1.21. The zero-order chi connectivity index (χ0) is 22.0. The normalized spacial score (nSPS) is 12.8. The summed E-state index contributed by atoms with van der Waals surface area (Å²) in [5.74, 6) is 0.589. The van der Waals surface area contributed by atoms with Gasteiger partial charge in [0.05, 0.1) is 18.4 Å². The number of rotatable bonds is 7. The number of para-hydroxylation sites is 1. The number of benzene rings is 2. The van der Waals surface area contributed by atoms with Crippen molar-refractivity contribution in [3.63, 3.8) is 0 Å². The van der Waals surface area contributed by atoms with E-state index >= 15 is 0 Å². The SMILES string of the molecule is Br.COc1ccccc1-c1nnc2n1N=C(c1ccc(OC(F)F)cc1OC(F)F)CS2. The average Bonchev–Trinajstić information content (AvgIpc) is 3.16. The van der Waals surface area contributed by atoms with Crippen LogP contribution in [0, 0.1) is 0 Å². The summed E-state index contributed by atoms with van der Waals surface area (Å²) in [6.07, 6.45) is 0. The Balaban J connectivity index is 0.00000289. The number of ether oxygens (including phenoxy) is 3. The van der Waals surface area contributed by atoms with Crippen LogP contribution in [0.2, 0.25) is 0 Å². The lowest BCUT2D eigenvalue weighted by molar-refractivity contribution is -0.0543. The fourth-order valence-corrected chi connectivity index (χ4v) is 3.79. The van der Waals surface area contributed by atoms with Crippen molar-refractivity contribution in [2.24, 2.45) is 5.10 Å². The third-order valence-electron chi connectivity index (χ3n) is 4.22. The Morgan fingerprint density at radius 1 is 0.938 bits per heavy atom. The molecule has 170 valence electrons. The summed E-state index contributed by atoms with van der Waals surface area (Å²) in [5, 5.41) is 13.3. The van der Waals surface area contributed by atoms with Crippen LogP contribution in [0.15, 0.2) is 52.7 Å². The van der Waals surface area contributed by atoms with Gasteiger partial charge in [-0.2, -0.15) is 27.3 Å². The highest BCUT2D eigenvalue weighted by molar-refractivity contribution is 8.93. The molecule has 0 N–H and O–H groups in total. The van der Waals surface area contributed by atoms with Crippen molar-refractivity contribution in [3.05, 3.63) is 48.0 Å². The van der Waals surface area contributed by atoms with Gasteiger partial charge in [0.1, 0.15) is 17.2 Å². The quantitative estimate of drug-likeness (QED) is 0.393. The second kappa shape index (κ2) is 10.2. The van der Waals surface area contributed by atoms with Crippen molar-refractivity contribution in [1.82, 2.24) is 14.9 Å². The minimum absolute atomic E-state index is 0. The van der Waals surface area contributed by atoms with E-state index in [2.05, 4.69) is 24.8 Å². The zero-order valence-corrected chi connectivity index (χ0v) is 18.8. The molecular formula is C19H15BrF4N4O3S. The molecule has 3 aromatic rings. The van der Waals surface area contributed by atoms with E-state index in [1.165, 1.54) is 35.7 Å². The second-order valence-corrected chi connectivity index (χ2v) is 7.01. The number of halogens is 5. The maximum atomic E-state index is 12.9. The molecule has 2 heterocycles. The van der Waals surface area contributed by atoms with Crippen LogP contribution in [0.4, 0.5) is 17.6 Å². The summed E-state index contributed by atoms with van der Waals surface area (Å²) in [4.78, 5) is 0. The number of hydrogen-bond donors (Lipinski definition) is 0. The van der Waals surface area contributed by atoms with Gasteiger partial charge >= 0.3 is 13.2 Å². The number of thioether (sulfide) groups is 1. The van der Waals surface area contributed by atoms with Crippen LogP contribution in [0.25, 0.3) is 11.4 Å². The number of nitrogens with zero attached hydrogens (tertiary/aromatic N) is 4. The zero-order valence-electron chi connectivity index (χ0n) is 16.2. The van der Waals surface area contributed by atoms with E-state index in [9.17, 15) is 17.6 Å². The van der Waals surface area contributed by atoms with E-state index in [1.807, 2.05) is 0 Å². The van der Waals surface area contributed by atoms with E-state index in [1.54, 1.807) is 24.3 Å². The van der Waals surface area contributed by atoms with Crippen molar-refractivity contribution in [2.45, 2.75) is 18.4 Å². The van der Waals surface area contributed by atoms with E-state index in [0.29, 0.717) is 28.0 Å². The lowest BCUT2D eigenvalue weighted by Crippen LogP contribution is -2.16. The summed E-state index contributed by atoms with van der Waals surface area (Å²) >= 11 is 1.29. The summed E-state index contributed by atoms with van der Waals surface area (Å²) in [6.45, 7) is -6.26. The van der Waals surface area contributed by atoms with Crippen LogP contribution in [-0.4, -0.2) is 46.7 Å². The van der Waals surface area contributed by atoms with Gasteiger partial charge in [0.25, 0.3) is 0 Å². The smallest absolute Gasteiger partial charge is 0.387 e. The van der Waals surface area contributed by atoms with Gasteiger partial charge in [-0.15, -0.1) is 27.2 Å². The highest BCUT2D eigenvalue weighted by Gasteiger charge is 2.25. The van der Waals surface area contributed by atoms with Gasteiger partial charge in [0, 0.05) is 17.4 Å². The molecule has 32 heavy (non-hydrogen) atoms. The molecule has 0 saturated carbocycles. The number of alkyl halides is 4. The van der Waals surface area contributed by atoms with E-state index in [0.717, 1.165) is 6.07 Å². The standard InChI is InChI=1S/C19H14F4N4O3S.BrH/c1-28-14-5-3-2-4-12(14)16-24-25-19-27(16)26-13(9-31-19)11-7-6-10(29-17(20)21)8-15(11)30-18(22)23;/h2-8,17-18H,9H2,1H3;1H. The molecule has 13 heteroatoms. The monoisotopic (exact) mass is 534 g/mol. The van der Waals surface area contributed by atoms with E-state index < -0.39 is 13.2 Å². The predicted octanol–water partition coefficient (Wildman–Crippen LogP) is 5.09. The molecule has 0 aliphatic carbocycles. The topological polar surface area (TPSA) is 70.8 Å². The van der Waals surface area contributed by atoms with Crippen molar-refractivity contribution in [1.29, 1.82) is 0 Å². The molecule has 0 atom stereocenters. The first-order valence-electron chi connectivity index (χ1n) is 8.79. The molecule has 0 spiro atoms. The summed E-state index contributed by atoms with van der Waals surface area (Å²) in [6, 6.07) is 10.7. The predicted molar refractivity (Wildman–Crippen MR) is 115 cm³/mol. The third-order valence-corrected chi connectivity index (χ3v) is 5.15. The molecule has 7 nitrogen and oxygen atoms in total. The molecule has 1 aliphatic rings. The largest absolute Gasteiger partial charge is 0.496 e. The molecule has 0 unspecified atom stereocenters. The van der Waals surface area contributed by atoms with Gasteiger partial charge in [-0.1, -0.05) is 23.9 Å². The summed E-state index contributed by atoms with van der Waals surface area (Å²) < 4.78 is 66.5. The van der Waals surface area contributed by atoms with E-state index in [-0.39, 0.29) is 39.8 Å². The fourth-order valence-electron chi connectivity index (χ4n) is 2.97. The van der Waals surface area contributed by atoms with Crippen LogP contribution in [-0.2, 0) is 0 Å². The minimum atomic E-state index is -3.16. The molecule has 0 saturated heterocycles. The third kappa shape index (κ3) is 4.99. The van der Waals surface area contributed by atoms with Gasteiger partial charge in [-0.3, -0.25) is 0 Å². The highest BCUT2D eigenvalue weighted by Crippen LogP contribution is 2.35. The van der Waals surface area contributed by atoms with Gasteiger partial charge in [0.2, 0.25) is 5.16 Å². The first-order valence-corrected chi connectivity index (χ1v) is 9.78. The molecule has 4 rings (SSSR count). The number of hydrogen-bond acceptors (Lipinski definition) is 7. The Morgan fingerprint density at radius 2 is 1.69 bits per heavy atom. The molecule has 1 aromatic heterocycles. The first-order chi connectivity index (χ1) is 15.0. The molecule has 1 aliphatic heterocycles. The fraction of sp³-hybridized carbons (Fsp3) is 0.211. The van der Waals surface area contributed by atoms with Crippen LogP contribution >= 0.6 is 28.7 Å². The van der Waals surface area contributed by atoms with Crippen LogP contribution in [0.1, 0.15) is 5.56 Å². The van der Waals surface area contributed by atoms with Crippen LogP contribution < -0.4 is 14.2 Å². The Labute approximate surface area is 194 Å². The van der Waals surface area contributed by atoms with Crippen molar-refractivity contribution in [2.75, 3.05) is 12.9 Å². The number of methoxy groups -OCH3 is 1. The van der Waals surface area contributed by atoms with Crippen LogP contribution in [0.3, 0.4) is 0 Å². The molecule has 0 bridgehead atoms. The Kier molecular flexibility index (Phi) is 7.61.